The maximum Gasteiger partial charge on any atom is 0.255 e. The van der Waals surface area contributed by atoms with E-state index in [1.807, 2.05) is 24.3 Å². The first kappa shape index (κ1) is 14.5. The summed E-state index contributed by atoms with van der Waals surface area (Å²) < 4.78 is 0. The lowest BCUT2D eigenvalue weighted by atomic mass is 10.1. The second-order valence-electron chi connectivity index (χ2n) is 5.46. The van der Waals surface area contributed by atoms with E-state index in [9.17, 15) is 4.79 Å². The first-order chi connectivity index (χ1) is 10.8. The van der Waals surface area contributed by atoms with Gasteiger partial charge in [-0.25, -0.2) is 4.98 Å². The van der Waals surface area contributed by atoms with E-state index in [1.165, 1.54) is 6.42 Å². The normalized spacial score (nSPS) is 14.6. The van der Waals surface area contributed by atoms with Gasteiger partial charge in [-0.3, -0.25) is 9.78 Å². The van der Waals surface area contributed by atoms with Crippen LogP contribution in [0, 0.1) is 0 Å². The Morgan fingerprint density at radius 3 is 2.64 bits per heavy atom. The van der Waals surface area contributed by atoms with Crippen molar-refractivity contribution < 1.29 is 4.79 Å². The summed E-state index contributed by atoms with van der Waals surface area (Å²) in [5, 5.41) is 2.96. The summed E-state index contributed by atoms with van der Waals surface area (Å²) in [5.41, 5.74) is 1.69. The molecule has 0 spiro atoms. The number of nitrogens with one attached hydrogen (secondary N) is 1. The molecular formula is C17H20N4O. The predicted molar refractivity (Wildman–Crippen MR) is 85.7 cm³/mol. The Morgan fingerprint density at radius 2 is 1.86 bits per heavy atom. The third kappa shape index (κ3) is 3.42. The lowest BCUT2D eigenvalue weighted by Crippen LogP contribution is -2.33. The van der Waals surface area contributed by atoms with E-state index in [4.69, 9.17) is 0 Å². The standard InChI is InChI=1S/C17H20N4O/c22-17(20-13-14-6-9-18-10-7-14)15-5-4-8-19-16(15)21-11-2-1-3-12-21/h4-10H,1-3,11-13H2,(H,20,22). The number of amides is 1. The predicted octanol–water partition coefficient (Wildman–Crippen LogP) is 2.40. The van der Waals surface area contributed by atoms with E-state index in [0.29, 0.717) is 12.1 Å². The second-order valence-corrected chi connectivity index (χ2v) is 5.46. The maximum absolute atomic E-state index is 12.5. The summed E-state index contributed by atoms with van der Waals surface area (Å²) in [7, 11) is 0. The highest BCUT2D eigenvalue weighted by molar-refractivity contribution is 5.98. The zero-order chi connectivity index (χ0) is 15.2. The van der Waals surface area contributed by atoms with Crippen LogP contribution in [-0.2, 0) is 6.54 Å². The molecule has 0 atom stereocenters. The molecule has 114 valence electrons. The number of hydrogen-bond donors (Lipinski definition) is 1. The van der Waals surface area contributed by atoms with Crippen LogP contribution in [0.4, 0.5) is 5.82 Å². The number of carbonyl (C=O) groups is 1. The highest BCUT2D eigenvalue weighted by Crippen LogP contribution is 2.21. The average Bonchev–Trinajstić information content (AvgIpc) is 2.61. The number of hydrogen-bond acceptors (Lipinski definition) is 4. The van der Waals surface area contributed by atoms with Gasteiger partial charge < -0.3 is 10.2 Å². The van der Waals surface area contributed by atoms with Crippen molar-refractivity contribution >= 4 is 11.7 Å². The van der Waals surface area contributed by atoms with Crippen LogP contribution < -0.4 is 10.2 Å². The fourth-order valence-electron chi connectivity index (χ4n) is 2.71. The van der Waals surface area contributed by atoms with Gasteiger partial charge in [-0.15, -0.1) is 0 Å². The Morgan fingerprint density at radius 1 is 1.09 bits per heavy atom. The van der Waals surface area contributed by atoms with Crippen LogP contribution in [0.25, 0.3) is 0 Å². The zero-order valence-corrected chi connectivity index (χ0v) is 12.5. The molecule has 0 aliphatic carbocycles. The first-order valence-electron chi connectivity index (χ1n) is 7.71. The minimum Gasteiger partial charge on any atom is -0.356 e. The Bertz CT molecular complexity index is 624. The third-order valence-corrected chi connectivity index (χ3v) is 3.89. The first-order valence-corrected chi connectivity index (χ1v) is 7.71. The fraction of sp³-hybridized carbons (Fsp3) is 0.353. The van der Waals surface area contributed by atoms with Crippen LogP contribution in [0.5, 0.6) is 0 Å². The number of carbonyl (C=O) groups excluding carboxylic acids is 1. The highest BCUT2D eigenvalue weighted by atomic mass is 16.1. The zero-order valence-electron chi connectivity index (χ0n) is 12.5. The van der Waals surface area contributed by atoms with Crippen LogP contribution in [0.2, 0.25) is 0 Å². The Kier molecular flexibility index (Phi) is 4.63. The van der Waals surface area contributed by atoms with E-state index in [2.05, 4.69) is 20.2 Å². The van der Waals surface area contributed by atoms with Gasteiger partial charge in [0.2, 0.25) is 0 Å². The molecule has 2 aromatic heterocycles. The maximum atomic E-state index is 12.5. The van der Waals surface area contributed by atoms with Crippen LogP contribution in [-0.4, -0.2) is 29.0 Å². The van der Waals surface area contributed by atoms with E-state index in [-0.39, 0.29) is 5.91 Å². The van der Waals surface area contributed by atoms with Gasteiger partial charge in [0, 0.05) is 38.2 Å². The number of piperidine rings is 1. The molecule has 1 aliphatic heterocycles. The molecule has 0 bridgehead atoms. The molecule has 1 fully saturated rings. The minimum absolute atomic E-state index is 0.0783. The third-order valence-electron chi connectivity index (χ3n) is 3.89. The SMILES string of the molecule is O=C(NCc1ccncc1)c1cccnc1N1CCCCC1. The summed E-state index contributed by atoms with van der Waals surface area (Å²) in [6.45, 7) is 2.44. The quantitative estimate of drug-likeness (QED) is 0.941. The number of aromatic nitrogens is 2. The van der Waals surface area contributed by atoms with Crippen LogP contribution in [0.3, 0.4) is 0 Å². The van der Waals surface area contributed by atoms with E-state index < -0.39 is 0 Å². The van der Waals surface area contributed by atoms with Crippen LogP contribution in [0.15, 0.2) is 42.9 Å². The monoisotopic (exact) mass is 296 g/mol. The number of anilines is 1. The molecule has 22 heavy (non-hydrogen) atoms. The minimum atomic E-state index is -0.0783. The van der Waals surface area contributed by atoms with Crippen molar-refractivity contribution in [1.82, 2.24) is 15.3 Å². The molecule has 1 amide bonds. The van der Waals surface area contributed by atoms with E-state index in [0.717, 1.165) is 37.3 Å². The number of pyridine rings is 2. The van der Waals surface area contributed by atoms with Crippen molar-refractivity contribution in [3.05, 3.63) is 54.0 Å². The van der Waals surface area contributed by atoms with Gasteiger partial charge in [-0.2, -0.15) is 0 Å². The molecule has 3 rings (SSSR count). The number of rotatable bonds is 4. The van der Waals surface area contributed by atoms with Crippen molar-refractivity contribution in [3.63, 3.8) is 0 Å². The molecule has 0 aromatic carbocycles. The molecule has 1 aliphatic rings. The number of nitrogens with zero attached hydrogens (tertiary/aromatic N) is 3. The molecule has 1 N–H and O–H groups in total. The van der Waals surface area contributed by atoms with Crippen molar-refractivity contribution in [2.75, 3.05) is 18.0 Å². The molecule has 3 heterocycles. The topological polar surface area (TPSA) is 58.1 Å². The van der Waals surface area contributed by atoms with Gasteiger partial charge in [0.1, 0.15) is 5.82 Å². The summed E-state index contributed by atoms with van der Waals surface area (Å²) in [6.07, 6.45) is 8.79. The largest absolute Gasteiger partial charge is 0.356 e. The van der Waals surface area contributed by atoms with Gasteiger partial charge in [0.05, 0.1) is 5.56 Å². The highest BCUT2D eigenvalue weighted by Gasteiger charge is 2.19. The van der Waals surface area contributed by atoms with Crippen molar-refractivity contribution in [2.24, 2.45) is 0 Å². The van der Waals surface area contributed by atoms with E-state index in [1.54, 1.807) is 18.6 Å². The molecule has 5 heteroatoms. The summed E-state index contributed by atoms with van der Waals surface area (Å²) in [6, 6.07) is 7.46. The van der Waals surface area contributed by atoms with Gasteiger partial charge in [0.25, 0.3) is 5.91 Å². The van der Waals surface area contributed by atoms with Crippen LogP contribution in [0.1, 0.15) is 35.2 Å². The van der Waals surface area contributed by atoms with Gasteiger partial charge in [-0.05, 0) is 49.1 Å². The summed E-state index contributed by atoms with van der Waals surface area (Å²) in [5.74, 6) is 0.722. The van der Waals surface area contributed by atoms with Crippen molar-refractivity contribution in [1.29, 1.82) is 0 Å². The fourth-order valence-corrected chi connectivity index (χ4v) is 2.71. The Balaban J connectivity index is 1.72. The average molecular weight is 296 g/mol. The summed E-state index contributed by atoms with van der Waals surface area (Å²) >= 11 is 0. The molecule has 0 saturated carbocycles. The smallest absolute Gasteiger partial charge is 0.255 e. The van der Waals surface area contributed by atoms with Crippen LogP contribution >= 0.6 is 0 Å². The Hall–Kier alpha value is -2.43. The molecule has 1 saturated heterocycles. The van der Waals surface area contributed by atoms with Crippen molar-refractivity contribution in [2.45, 2.75) is 25.8 Å². The van der Waals surface area contributed by atoms with E-state index >= 15 is 0 Å². The molecule has 0 radical (unpaired) electrons. The lowest BCUT2D eigenvalue weighted by molar-refractivity contribution is 0.0951. The molecule has 5 nitrogen and oxygen atoms in total. The summed E-state index contributed by atoms with van der Waals surface area (Å²) in [4.78, 5) is 23.1. The van der Waals surface area contributed by atoms with Gasteiger partial charge in [-0.1, -0.05) is 0 Å². The Labute approximate surface area is 130 Å². The van der Waals surface area contributed by atoms with Crippen molar-refractivity contribution in [3.8, 4) is 0 Å². The molecular weight excluding hydrogens is 276 g/mol. The van der Waals surface area contributed by atoms with Gasteiger partial charge >= 0.3 is 0 Å². The molecule has 0 unspecified atom stereocenters. The second kappa shape index (κ2) is 7.02. The molecule has 2 aromatic rings. The van der Waals surface area contributed by atoms with Gasteiger partial charge in [0.15, 0.2) is 0 Å². The lowest BCUT2D eigenvalue weighted by Gasteiger charge is -2.29.